The Kier molecular flexibility index (Phi) is 5.80. The molecule has 1 saturated heterocycles. The summed E-state index contributed by atoms with van der Waals surface area (Å²) in [6.45, 7) is 0.563. The zero-order chi connectivity index (χ0) is 27.4. The van der Waals surface area contributed by atoms with Crippen molar-refractivity contribution in [2.45, 2.75) is 19.0 Å². The van der Waals surface area contributed by atoms with Gasteiger partial charge in [0.15, 0.2) is 5.78 Å². The lowest BCUT2D eigenvalue weighted by molar-refractivity contribution is -0.137. The van der Waals surface area contributed by atoms with E-state index in [9.17, 15) is 22.4 Å². The van der Waals surface area contributed by atoms with Gasteiger partial charge in [-0.2, -0.15) is 32.9 Å². The lowest BCUT2D eigenvalue weighted by Crippen LogP contribution is -2.52. The number of rotatable bonds is 4. The number of aromatic nitrogens is 5. The zero-order valence-corrected chi connectivity index (χ0v) is 20.8. The van der Waals surface area contributed by atoms with Crippen LogP contribution in [0.5, 0.6) is 0 Å². The smallest absolute Gasteiger partial charge is 0.345 e. The van der Waals surface area contributed by atoms with Crippen molar-refractivity contribution >= 4 is 28.5 Å². The van der Waals surface area contributed by atoms with Crippen LogP contribution in [0.4, 0.5) is 22.7 Å². The number of piperidine rings is 1. The van der Waals surface area contributed by atoms with Gasteiger partial charge in [0.25, 0.3) is 0 Å². The van der Waals surface area contributed by atoms with E-state index in [0.29, 0.717) is 35.0 Å². The van der Waals surface area contributed by atoms with E-state index in [1.807, 2.05) is 17.0 Å². The maximum atomic E-state index is 14.1. The summed E-state index contributed by atoms with van der Waals surface area (Å²) in [5, 5.41) is 14.1. The fraction of sp³-hybridized carbons (Fsp3) is 0.231. The molecule has 4 heterocycles. The number of carbonyl (C=O) groups is 1. The van der Waals surface area contributed by atoms with Crippen LogP contribution in [-0.4, -0.2) is 43.0 Å². The summed E-state index contributed by atoms with van der Waals surface area (Å²) >= 11 is 1.02. The van der Waals surface area contributed by atoms with Crippen LogP contribution in [0.25, 0.3) is 11.8 Å². The van der Waals surface area contributed by atoms with Crippen molar-refractivity contribution in [3.8, 4) is 11.8 Å². The molecule has 0 spiro atoms. The van der Waals surface area contributed by atoms with E-state index < -0.39 is 22.9 Å². The van der Waals surface area contributed by atoms with Crippen molar-refractivity contribution in [1.29, 1.82) is 5.26 Å². The molecule has 0 amide bonds. The van der Waals surface area contributed by atoms with Gasteiger partial charge in [-0.3, -0.25) is 9.78 Å². The molecular weight excluding hydrogens is 534 g/mol. The number of benzene rings is 1. The van der Waals surface area contributed by atoms with Crippen LogP contribution in [-0.2, 0) is 12.6 Å². The first kappa shape index (κ1) is 24.9. The number of Topliss-reactive ketones (excluding diaryl/α,β-unsaturated/α-hetero) is 1. The van der Waals surface area contributed by atoms with Crippen molar-refractivity contribution in [2.24, 2.45) is 5.41 Å². The molecular formula is C26H17F4N7OS. The molecule has 39 heavy (non-hydrogen) atoms. The molecule has 1 atom stereocenters. The second-order valence-electron chi connectivity index (χ2n) is 9.31. The summed E-state index contributed by atoms with van der Waals surface area (Å²) in [4.78, 5) is 24.2. The van der Waals surface area contributed by atoms with E-state index in [1.165, 1.54) is 12.1 Å². The molecule has 1 aromatic carbocycles. The fourth-order valence-corrected chi connectivity index (χ4v) is 5.82. The van der Waals surface area contributed by atoms with E-state index in [0.717, 1.165) is 35.4 Å². The molecule has 6 rings (SSSR count). The summed E-state index contributed by atoms with van der Waals surface area (Å²) in [7, 11) is 0. The van der Waals surface area contributed by atoms with E-state index in [-0.39, 0.29) is 30.3 Å². The van der Waals surface area contributed by atoms with E-state index in [4.69, 9.17) is 5.26 Å². The molecule has 196 valence electrons. The number of nitrogens with zero attached hydrogens (tertiary/aromatic N) is 7. The third-order valence-electron chi connectivity index (χ3n) is 7.03. The SMILES string of the molecule is N#Cc1nsc(N2CCC3=Cc4c(cnn4-c4ccc(F)cc4)CC3(C(=O)c3cc(C(F)(F)F)ccn3)C2)n1. The summed E-state index contributed by atoms with van der Waals surface area (Å²) in [6, 6.07) is 9.32. The number of pyridine rings is 1. The average molecular weight is 552 g/mol. The molecule has 0 radical (unpaired) electrons. The Morgan fingerprint density at radius 2 is 1.97 bits per heavy atom. The second kappa shape index (κ2) is 9.09. The maximum absolute atomic E-state index is 14.1. The molecule has 1 aliphatic carbocycles. The average Bonchev–Trinajstić information content (AvgIpc) is 3.58. The molecule has 4 aromatic rings. The topological polar surface area (TPSA) is 101 Å². The molecule has 0 N–H and O–H groups in total. The summed E-state index contributed by atoms with van der Waals surface area (Å²) in [5.74, 6) is -0.933. The van der Waals surface area contributed by atoms with Crippen molar-refractivity contribution < 1.29 is 22.4 Å². The minimum atomic E-state index is -4.64. The number of hydrogen-bond acceptors (Lipinski definition) is 8. The molecule has 0 bridgehead atoms. The van der Waals surface area contributed by atoms with Gasteiger partial charge < -0.3 is 4.90 Å². The van der Waals surface area contributed by atoms with Crippen LogP contribution >= 0.6 is 11.5 Å². The van der Waals surface area contributed by atoms with Gasteiger partial charge in [-0.05, 0) is 60.9 Å². The van der Waals surface area contributed by atoms with Gasteiger partial charge >= 0.3 is 6.18 Å². The van der Waals surface area contributed by atoms with Gasteiger partial charge in [0.2, 0.25) is 11.0 Å². The fourth-order valence-electron chi connectivity index (χ4n) is 5.17. The second-order valence-corrected chi connectivity index (χ2v) is 10.0. The Morgan fingerprint density at radius 3 is 2.69 bits per heavy atom. The first-order valence-electron chi connectivity index (χ1n) is 11.8. The van der Waals surface area contributed by atoms with Crippen LogP contribution in [0.1, 0.15) is 39.6 Å². The highest BCUT2D eigenvalue weighted by Gasteiger charge is 2.50. The van der Waals surface area contributed by atoms with Gasteiger partial charge in [-0.25, -0.2) is 9.07 Å². The first-order valence-corrected chi connectivity index (χ1v) is 12.6. The number of hydrogen-bond donors (Lipinski definition) is 0. The standard InChI is InChI=1S/C26H17F4N7OS/c27-18-1-3-19(4-2-18)37-21-10-16-6-8-36(24-34-22(12-31)35-39-24)14-25(16,11-15(21)13-33-37)23(38)20-9-17(5-7-32-20)26(28,29)30/h1-5,7,9-10,13H,6,8,11,14H2. The van der Waals surface area contributed by atoms with E-state index in [2.05, 4.69) is 19.4 Å². The number of anilines is 1. The number of halogens is 4. The summed E-state index contributed by atoms with van der Waals surface area (Å²) in [5.41, 5.74) is 0.277. The highest BCUT2D eigenvalue weighted by molar-refractivity contribution is 7.09. The quantitative estimate of drug-likeness (QED) is 0.264. The largest absolute Gasteiger partial charge is 0.416 e. The highest BCUT2D eigenvalue weighted by atomic mass is 32.1. The number of alkyl halides is 3. The predicted molar refractivity (Wildman–Crippen MR) is 133 cm³/mol. The van der Waals surface area contributed by atoms with Crippen LogP contribution in [0, 0.1) is 22.6 Å². The van der Waals surface area contributed by atoms with Gasteiger partial charge in [0.05, 0.1) is 28.6 Å². The van der Waals surface area contributed by atoms with Crippen LogP contribution < -0.4 is 4.90 Å². The van der Waals surface area contributed by atoms with Gasteiger partial charge in [0.1, 0.15) is 17.6 Å². The number of ketones is 1. The van der Waals surface area contributed by atoms with Crippen molar-refractivity contribution in [3.63, 3.8) is 0 Å². The molecule has 0 saturated carbocycles. The molecule has 13 heteroatoms. The van der Waals surface area contributed by atoms with E-state index >= 15 is 0 Å². The highest BCUT2D eigenvalue weighted by Crippen LogP contribution is 2.47. The normalized spacial score (nSPS) is 18.6. The Bertz CT molecular complexity index is 1670. The van der Waals surface area contributed by atoms with Gasteiger partial charge in [-0.1, -0.05) is 5.57 Å². The third-order valence-corrected chi connectivity index (χ3v) is 7.80. The molecule has 1 unspecified atom stereocenters. The van der Waals surface area contributed by atoms with Gasteiger partial charge in [0, 0.05) is 30.8 Å². The van der Waals surface area contributed by atoms with E-state index in [1.54, 1.807) is 23.0 Å². The zero-order valence-electron chi connectivity index (χ0n) is 20.0. The summed E-state index contributed by atoms with van der Waals surface area (Å²) in [6.07, 6.45) is 0.370. The predicted octanol–water partition coefficient (Wildman–Crippen LogP) is 4.87. The van der Waals surface area contributed by atoms with Crippen LogP contribution in [0.15, 0.2) is 54.4 Å². The minimum absolute atomic E-state index is 0.00256. The number of carbonyl (C=O) groups excluding carboxylic acids is 1. The molecule has 2 aliphatic rings. The van der Waals surface area contributed by atoms with Gasteiger partial charge in [-0.15, -0.1) is 0 Å². The molecule has 1 fully saturated rings. The molecule has 8 nitrogen and oxygen atoms in total. The lowest BCUT2D eigenvalue weighted by atomic mass is 9.65. The first-order chi connectivity index (χ1) is 18.7. The Hall–Kier alpha value is -4.44. The minimum Gasteiger partial charge on any atom is -0.345 e. The number of nitriles is 1. The number of fused-ring (bicyclic) bond motifs is 2. The molecule has 1 aliphatic heterocycles. The van der Waals surface area contributed by atoms with Crippen molar-refractivity contribution in [1.82, 2.24) is 24.1 Å². The third kappa shape index (κ3) is 4.26. The Balaban J connectivity index is 1.46. The van der Waals surface area contributed by atoms with Crippen LogP contribution in [0.3, 0.4) is 0 Å². The lowest BCUT2D eigenvalue weighted by Gasteiger charge is -2.45. The maximum Gasteiger partial charge on any atom is 0.416 e. The molecule has 3 aromatic heterocycles. The monoisotopic (exact) mass is 551 g/mol. The van der Waals surface area contributed by atoms with Crippen LogP contribution in [0.2, 0.25) is 0 Å². The Labute approximate surface area is 223 Å². The van der Waals surface area contributed by atoms with Crippen molar-refractivity contribution in [2.75, 3.05) is 18.0 Å². The Morgan fingerprint density at radius 1 is 1.18 bits per heavy atom. The van der Waals surface area contributed by atoms with Crippen molar-refractivity contribution in [3.05, 3.63) is 88.5 Å². The summed E-state index contributed by atoms with van der Waals surface area (Å²) < 4.78 is 59.6.